The molecule has 0 aromatic heterocycles. The highest BCUT2D eigenvalue weighted by Crippen LogP contribution is 2.38. The molecule has 3 unspecified atom stereocenters. The second kappa shape index (κ2) is 7.17. The van der Waals surface area contributed by atoms with Gasteiger partial charge in [0.2, 0.25) is 0 Å². The first kappa shape index (κ1) is 14.7. The average Bonchev–Trinajstić information content (AvgIpc) is 2.30. The molecule has 3 atom stereocenters. The Balaban J connectivity index is 2.75. The molecule has 0 aromatic rings. The Morgan fingerprint density at radius 2 is 2.35 bits per heavy atom. The van der Waals surface area contributed by atoms with E-state index in [1.54, 1.807) is 0 Å². The van der Waals surface area contributed by atoms with Crippen molar-refractivity contribution in [3.8, 4) is 0 Å². The van der Waals surface area contributed by atoms with Crippen LogP contribution in [0, 0.1) is 5.92 Å². The highest BCUT2D eigenvalue weighted by atomic mass is 16.5. The number of ether oxygens (including phenoxy) is 1. The van der Waals surface area contributed by atoms with Crippen molar-refractivity contribution in [1.29, 1.82) is 0 Å². The number of hydrogen-bond donors (Lipinski definition) is 1. The molecule has 0 spiro atoms. The predicted molar refractivity (Wildman–Crippen MR) is 74.3 cm³/mol. The van der Waals surface area contributed by atoms with Crippen LogP contribution in [-0.2, 0) is 4.74 Å². The van der Waals surface area contributed by atoms with Crippen LogP contribution < -0.4 is 5.32 Å². The van der Waals surface area contributed by atoms with E-state index in [9.17, 15) is 0 Å². The van der Waals surface area contributed by atoms with Crippen LogP contribution in [0.3, 0.4) is 0 Å². The largest absolute Gasteiger partial charge is 0.374 e. The van der Waals surface area contributed by atoms with E-state index in [1.807, 2.05) is 6.08 Å². The Morgan fingerprint density at radius 3 is 2.88 bits per heavy atom. The van der Waals surface area contributed by atoms with Gasteiger partial charge in [-0.25, -0.2) is 0 Å². The molecule has 1 aliphatic rings. The van der Waals surface area contributed by atoms with Gasteiger partial charge in [0.25, 0.3) is 0 Å². The zero-order valence-corrected chi connectivity index (χ0v) is 11.8. The number of hydrogen-bond acceptors (Lipinski definition) is 2. The van der Waals surface area contributed by atoms with E-state index in [0.717, 1.165) is 25.4 Å². The minimum absolute atomic E-state index is 0.0597. The van der Waals surface area contributed by atoms with Crippen LogP contribution in [-0.4, -0.2) is 25.3 Å². The lowest BCUT2D eigenvalue weighted by molar-refractivity contribution is -0.100. The van der Waals surface area contributed by atoms with Gasteiger partial charge in [0, 0.05) is 12.6 Å². The third-order valence-corrected chi connectivity index (χ3v) is 4.07. The summed E-state index contributed by atoms with van der Waals surface area (Å²) in [5, 5.41) is 3.48. The fourth-order valence-electron chi connectivity index (χ4n) is 3.33. The predicted octanol–water partition coefficient (Wildman–Crippen LogP) is 3.53. The second-order valence-corrected chi connectivity index (χ2v) is 5.41. The standard InChI is InChI=1S/C15H29NO/c1-5-7-10-14(16-4)15(17-6-2)11-8-9-13(3)12-15/h5,13-14,16H,1,6-12H2,2-4H3. The Hall–Kier alpha value is -0.340. The Labute approximate surface area is 107 Å². The fraction of sp³-hybridized carbons (Fsp3) is 0.867. The zero-order chi connectivity index (χ0) is 12.7. The van der Waals surface area contributed by atoms with Gasteiger partial charge < -0.3 is 10.1 Å². The summed E-state index contributed by atoms with van der Waals surface area (Å²) in [6.07, 6.45) is 9.26. The quantitative estimate of drug-likeness (QED) is 0.686. The van der Waals surface area contributed by atoms with E-state index in [2.05, 4.69) is 32.8 Å². The molecule has 0 radical (unpaired) electrons. The molecular formula is C15H29NO. The molecule has 100 valence electrons. The molecule has 1 aliphatic carbocycles. The molecule has 1 fully saturated rings. The Morgan fingerprint density at radius 1 is 1.59 bits per heavy atom. The van der Waals surface area contributed by atoms with Gasteiger partial charge >= 0.3 is 0 Å². The summed E-state index contributed by atoms with van der Waals surface area (Å²) < 4.78 is 6.19. The van der Waals surface area contributed by atoms with E-state index in [-0.39, 0.29) is 5.60 Å². The molecular weight excluding hydrogens is 210 g/mol. The van der Waals surface area contributed by atoms with Gasteiger partial charge in [0.15, 0.2) is 0 Å². The molecule has 17 heavy (non-hydrogen) atoms. The lowest BCUT2D eigenvalue weighted by Gasteiger charge is -2.45. The maximum atomic E-state index is 6.19. The van der Waals surface area contributed by atoms with Crippen molar-refractivity contribution < 1.29 is 4.74 Å². The van der Waals surface area contributed by atoms with Gasteiger partial charge in [-0.05, 0) is 45.6 Å². The second-order valence-electron chi connectivity index (χ2n) is 5.41. The first-order chi connectivity index (χ1) is 8.18. The molecule has 0 heterocycles. The molecule has 0 amide bonds. The van der Waals surface area contributed by atoms with E-state index in [4.69, 9.17) is 4.74 Å². The van der Waals surface area contributed by atoms with Crippen LogP contribution in [0.25, 0.3) is 0 Å². The first-order valence-electron chi connectivity index (χ1n) is 7.10. The van der Waals surface area contributed by atoms with Gasteiger partial charge in [0.05, 0.1) is 5.60 Å². The van der Waals surface area contributed by atoms with Crippen molar-refractivity contribution in [2.24, 2.45) is 5.92 Å². The molecule has 1 N–H and O–H groups in total. The maximum Gasteiger partial charge on any atom is 0.0837 e. The third-order valence-electron chi connectivity index (χ3n) is 4.07. The number of allylic oxidation sites excluding steroid dienone is 1. The zero-order valence-electron chi connectivity index (χ0n) is 11.8. The van der Waals surface area contributed by atoms with E-state index in [0.29, 0.717) is 6.04 Å². The van der Waals surface area contributed by atoms with Gasteiger partial charge in [0.1, 0.15) is 0 Å². The van der Waals surface area contributed by atoms with Crippen LogP contribution in [0.2, 0.25) is 0 Å². The number of rotatable bonds is 7. The van der Waals surface area contributed by atoms with Crippen molar-refractivity contribution in [3.63, 3.8) is 0 Å². The van der Waals surface area contributed by atoms with Crippen molar-refractivity contribution in [1.82, 2.24) is 5.32 Å². The molecule has 0 bridgehead atoms. The molecule has 0 aliphatic heterocycles. The van der Waals surface area contributed by atoms with Gasteiger partial charge in [-0.3, -0.25) is 0 Å². The van der Waals surface area contributed by atoms with Gasteiger partial charge in [-0.15, -0.1) is 6.58 Å². The van der Waals surface area contributed by atoms with E-state index in [1.165, 1.54) is 25.7 Å². The van der Waals surface area contributed by atoms with Crippen LogP contribution in [0.5, 0.6) is 0 Å². The van der Waals surface area contributed by atoms with Crippen LogP contribution in [0.1, 0.15) is 52.4 Å². The Kier molecular flexibility index (Phi) is 6.21. The van der Waals surface area contributed by atoms with Crippen molar-refractivity contribution >= 4 is 0 Å². The van der Waals surface area contributed by atoms with Gasteiger partial charge in [-0.2, -0.15) is 0 Å². The van der Waals surface area contributed by atoms with E-state index < -0.39 is 0 Å². The lowest BCUT2D eigenvalue weighted by Crippen LogP contribution is -2.53. The van der Waals surface area contributed by atoms with E-state index >= 15 is 0 Å². The smallest absolute Gasteiger partial charge is 0.0837 e. The highest BCUT2D eigenvalue weighted by Gasteiger charge is 2.41. The monoisotopic (exact) mass is 239 g/mol. The SMILES string of the molecule is C=CCCC(NC)C1(OCC)CCCC(C)C1. The topological polar surface area (TPSA) is 21.3 Å². The molecule has 2 heteroatoms. The summed E-state index contributed by atoms with van der Waals surface area (Å²) >= 11 is 0. The number of likely N-dealkylation sites (N-methyl/N-ethyl adjacent to an activating group) is 1. The van der Waals surface area contributed by atoms with Crippen molar-refractivity contribution in [2.75, 3.05) is 13.7 Å². The van der Waals surface area contributed by atoms with Crippen LogP contribution in [0.4, 0.5) is 0 Å². The summed E-state index contributed by atoms with van der Waals surface area (Å²) in [6.45, 7) is 9.11. The summed E-state index contributed by atoms with van der Waals surface area (Å²) in [4.78, 5) is 0. The lowest BCUT2D eigenvalue weighted by atomic mass is 9.73. The summed E-state index contributed by atoms with van der Waals surface area (Å²) in [7, 11) is 2.06. The molecule has 0 saturated heterocycles. The highest BCUT2D eigenvalue weighted by molar-refractivity contribution is 4.97. The summed E-state index contributed by atoms with van der Waals surface area (Å²) in [5.41, 5.74) is 0.0597. The van der Waals surface area contributed by atoms with Crippen LogP contribution in [0.15, 0.2) is 12.7 Å². The normalized spacial score (nSPS) is 31.1. The third kappa shape index (κ3) is 3.82. The summed E-state index contributed by atoms with van der Waals surface area (Å²) in [6, 6.07) is 0.461. The first-order valence-corrected chi connectivity index (χ1v) is 7.10. The minimum Gasteiger partial charge on any atom is -0.374 e. The van der Waals surface area contributed by atoms with Crippen molar-refractivity contribution in [2.45, 2.75) is 64.0 Å². The minimum atomic E-state index is 0.0597. The average molecular weight is 239 g/mol. The fourth-order valence-corrected chi connectivity index (χ4v) is 3.33. The molecule has 1 saturated carbocycles. The van der Waals surface area contributed by atoms with Crippen LogP contribution >= 0.6 is 0 Å². The summed E-state index contributed by atoms with van der Waals surface area (Å²) in [5.74, 6) is 0.787. The van der Waals surface area contributed by atoms with Crippen molar-refractivity contribution in [3.05, 3.63) is 12.7 Å². The maximum absolute atomic E-state index is 6.19. The Bertz CT molecular complexity index is 225. The molecule has 1 rings (SSSR count). The number of nitrogens with one attached hydrogen (secondary N) is 1. The molecule has 0 aromatic carbocycles. The van der Waals surface area contributed by atoms with Gasteiger partial charge in [-0.1, -0.05) is 25.8 Å². The molecule has 2 nitrogen and oxygen atoms in total.